The van der Waals surface area contributed by atoms with E-state index in [0.29, 0.717) is 0 Å². The third-order valence-electron chi connectivity index (χ3n) is 6.06. The largest absolute Gasteiger partial charge is 0.392 e. The second-order valence-corrected chi connectivity index (χ2v) is 9.83. The summed E-state index contributed by atoms with van der Waals surface area (Å²) in [5.41, 5.74) is 1.25. The predicted octanol–water partition coefficient (Wildman–Crippen LogP) is 3.47. The molecule has 1 aliphatic rings. The molecule has 5 heteroatoms. The molecule has 1 N–H and O–H groups in total. The molecule has 2 aromatic rings. The van der Waals surface area contributed by atoms with Crippen LogP contribution < -0.4 is 0 Å². The average Bonchev–Trinajstić information content (AvgIpc) is 2.69. The monoisotopic (exact) mass is 387 g/mol. The van der Waals surface area contributed by atoms with E-state index in [1.54, 1.807) is 30.3 Å². The maximum absolute atomic E-state index is 12.6. The Morgan fingerprint density at radius 3 is 2.04 bits per heavy atom. The Balaban J connectivity index is 1.69. The number of benzene rings is 2. The van der Waals surface area contributed by atoms with Crippen LogP contribution in [-0.4, -0.2) is 44.4 Å². The number of hydrogen-bond acceptors (Lipinski definition) is 4. The summed E-state index contributed by atoms with van der Waals surface area (Å²) in [6.45, 7) is 0. The lowest BCUT2D eigenvalue weighted by molar-refractivity contribution is 0.0319. The molecule has 0 bridgehead atoms. The van der Waals surface area contributed by atoms with Crippen LogP contribution in [0, 0.1) is 5.92 Å². The van der Waals surface area contributed by atoms with Crippen molar-refractivity contribution >= 4 is 9.84 Å². The van der Waals surface area contributed by atoms with Crippen molar-refractivity contribution in [3.8, 4) is 0 Å². The Kier molecular flexibility index (Phi) is 6.04. The van der Waals surface area contributed by atoms with E-state index < -0.39 is 15.9 Å². The molecule has 0 heterocycles. The smallest absolute Gasteiger partial charge is 0.180 e. The van der Waals surface area contributed by atoms with Crippen LogP contribution in [0.1, 0.15) is 31.2 Å². The first-order chi connectivity index (χ1) is 12.8. The Labute approximate surface area is 162 Å². The van der Waals surface area contributed by atoms with Crippen molar-refractivity contribution in [1.29, 1.82) is 0 Å². The highest BCUT2D eigenvalue weighted by Crippen LogP contribution is 2.44. The second kappa shape index (κ2) is 8.13. The minimum Gasteiger partial charge on any atom is -0.392 e. The Morgan fingerprint density at radius 1 is 1.00 bits per heavy atom. The number of nitrogens with zero attached hydrogens (tertiary/aromatic N) is 1. The Bertz CT molecular complexity index is 826. The van der Waals surface area contributed by atoms with Gasteiger partial charge in [-0.05, 0) is 63.4 Å². The molecule has 1 unspecified atom stereocenters. The second-order valence-electron chi connectivity index (χ2n) is 7.79. The van der Waals surface area contributed by atoms with Gasteiger partial charge in [0.2, 0.25) is 0 Å². The quantitative estimate of drug-likeness (QED) is 0.825. The molecule has 0 radical (unpaired) electrons. The topological polar surface area (TPSA) is 57.6 Å². The van der Waals surface area contributed by atoms with Crippen LogP contribution in [0.2, 0.25) is 0 Å². The predicted molar refractivity (Wildman–Crippen MR) is 108 cm³/mol. The van der Waals surface area contributed by atoms with Crippen LogP contribution in [0.4, 0.5) is 0 Å². The van der Waals surface area contributed by atoms with Crippen LogP contribution in [0.25, 0.3) is 0 Å². The van der Waals surface area contributed by atoms with Gasteiger partial charge in [0.05, 0.1) is 16.8 Å². The summed E-state index contributed by atoms with van der Waals surface area (Å²) in [6.07, 6.45) is 2.64. The zero-order valence-electron chi connectivity index (χ0n) is 16.1. The summed E-state index contributed by atoms with van der Waals surface area (Å²) in [7, 11) is 0.735. The van der Waals surface area contributed by atoms with Crippen molar-refractivity contribution in [3.63, 3.8) is 0 Å². The SMILES string of the molecule is CN(C)C1(c2ccccc2)CCC(C(O)CS(=O)(=O)c2ccccc2)CC1. The standard InChI is InChI=1S/C22H29NO3S/c1-23(2)22(19-9-5-3-6-10-19)15-13-18(14-16-22)21(24)17-27(25,26)20-11-7-4-8-12-20/h3-12,18,21,24H,13-17H2,1-2H3. The summed E-state index contributed by atoms with van der Waals surface area (Å²) in [4.78, 5) is 2.55. The van der Waals surface area contributed by atoms with Crippen molar-refractivity contribution in [2.24, 2.45) is 5.92 Å². The fourth-order valence-electron chi connectivity index (χ4n) is 4.33. The summed E-state index contributed by atoms with van der Waals surface area (Å²) < 4.78 is 25.1. The molecule has 1 saturated carbocycles. The maximum atomic E-state index is 12.6. The van der Waals surface area contributed by atoms with Gasteiger partial charge < -0.3 is 5.11 Å². The van der Waals surface area contributed by atoms with Crippen molar-refractivity contribution in [1.82, 2.24) is 4.90 Å². The van der Waals surface area contributed by atoms with Gasteiger partial charge in [-0.25, -0.2) is 8.42 Å². The number of rotatable bonds is 6. The zero-order valence-corrected chi connectivity index (χ0v) is 16.9. The number of sulfone groups is 1. The fraction of sp³-hybridized carbons (Fsp3) is 0.455. The van der Waals surface area contributed by atoms with E-state index in [0.717, 1.165) is 25.7 Å². The van der Waals surface area contributed by atoms with E-state index in [-0.39, 0.29) is 22.1 Å². The number of aliphatic hydroxyl groups excluding tert-OH is 1. The van der Waals surface area contributed by atoms with Gasteiger partial charge in [-0.2, -0.15) is 0 Å². The average molecular weight is 388 g/mol. The van der Waals surface area contributed by atoms with Crippen LogP contribution in [-0.2, 0) is 15.4 Å². The van der Waals surface area contributed by atoms with Crippen LogP contribution in [0.5, 0.6) is 0 Å². The Hall–Kier alpha value is -1.69. The summed E-state index contributed by atoms with van der Waals surface area (Å²) in [5, 5.41) is 10.7. The van der Waals surface area contributed by atoms with Gasteiger partial charge in [0.15, 0.2) is 9.84 Å². The van der Waals surface area contributed by atoms with Gasteiger partial charge in [-0.1, -0.05) is 48.5 Å². The van der Waals surface area contributed by atoms with E-state index in [4.69, 9.17) is 0 Å². The van der Waals surface area contributed by atoms with Crippen LogP contribution >= 0.6 is 0 Å². The molecule has 3 rings (SSSR count). The van der Waals surface area contributed by atoms with Gasteiger partial charge >= 0.3 is 0 Å². The molecule has 1 aliphatic carbocycles. The van der Waals surface area contributed by atoms with Crippen molar-refractivity contribution in [3.05, 3.63) is 66.2 Å². The minimum atomic E-state index is -3.47. The molecular weight excluding hydrogens is 358 g/mol. The lowest BCUT2D eigenvalue weighted by atomic mass is 9.71. The highest BCUT2D eigenvalue weighted by molar-refractivity contribution is 7.91. The zero-order chi connectivity index (χ0) is 19.5. The van der Waals surface area contributed by atoms with Gasteiger partial charge in [0, 0.05) is 5.54 Å². The van der Waals surface area contributed by atoms with Gasteiger partial charge in [0.1, 0.15) is 0 Å². The first kappa shape index (κ1) is 20.1. The van der Waals surface area contributed by atoms with Crippen molar-refractivity contribution in [2.75, 3.05) is 19.8 Å². The molecule has 0 spiro atoms. The minimum absolute atomic E-state index is 0.0141. The number of hydrogen-bond donors (Lipinski definition) is 1. The highest BCUT2D eigenvalue weighted by Gasteiger charge is 2.40. The first-order valence-corrected chi connectivity index (χ1v) is 11.2. The normalized spacial score (nSPS) is 24.7. The first-order valence-electron chi connectivity index (χ1n) is 9.54. The van der Waals surface area contributed by atoms with E-state index in [1.165, 1.54) is 5.56 Å². The molecule has 1 fully saturated rings. The van der Waals surface area contributed by atoms with Crippen LogP contribution in [0.3, 0.4) is 0 Å². The molecule has 27 heavy (non-hydrogen) atoms. The molecule has 0 aromatic heterocycles. The van der Waals surface area contributed by atoms with Crippen molar-refractivity contribution in [2.45, 2.75) is 42.2 Å². The van der Waals surface area contributed by atoms with Gasteiger partial charge in [-0.15, -0.1) is 0 Å². The van der Waals surface area contributed by atoms with Gasteiger partial charge in [-0.3, -0.25) is 4.90 Å². The lowest BCUT2D eigenvalue weighted by Gasteiger charge is -2.46. The van der Waals surface area contributed by atoms with E-state index in [9.17, 15) is 13.5 Å². The maximum Gasteiger partial charge on any atom is 0.180 e. The van der Waals surface area contributed by atoms with E-state index in [2.05, 4.69) is 43.3 Å². The molecular formula is C22H29NO3S. The lowest BCUT2D eigenvalue weighted by Crippen LogP contribution is -2.46. The summed E-state index contributed by atoms with van der Waals surface area (Å²) in [6, 6.07) is 18.9. The Morgan fingerprint density at radius 2 is 1.52 bits per heavy atom. The van der Waals surface area contributed by atoms with E-state index >= 15 is 0 Å². The van der Waals surface area contributed by atoms with E-state index in [1.807, 2.05) is 6.07 Å². The molecule has 4 nitrogen and oxygen atoms in total. The third kappa shape index (κ3) is 4.26. The summed E-state index contributed by atoms with van der Waals surface area (Å²) >= 11 is 0. The molecule has 146 valence electrons. The molecule has 0 aliphatic heterocycles. The van der Waals surface area contributed by atoms with Gasteiger partial charge in [0.25, 0.3) is 0 Å². The highest BCUT2D eigenvalue weighted by atomic mass is 32.2. The van der Waals surface area contributed by atoms with Crippen molar-refractivity contribution < 1.29 is 13.5 Å². The fourth-order valence-corrected chi connectivity index (χ4v) is 5.82. The molecule has 2 aromatic carbocycles. The third-order valence-corrected chi connectivity index (χ3v) is 7.83. The molecule has 0 amide bonds. The molecule has 0 saturated heterocycles. The van der Waals surface area contributed by atoms with Crippen LogP contribution in [0.15, 0.2) is 65.6 Å². The molecule has 1 atom stereocenters. The number of aliphatic hydroxyl groups is 1. The summed E-state index contributed by atoms with van der Waals surface area (Å²) in [5.74, 6) is -0.192.